The van der Waals surface area contributed by atoms with Gasteiger partial charge in [-0.3, -0.25) is 0 Å². The Kier molecular flexibility index (Phi) is 7.05. The summed E-state index contributed by atoms with van der Waals surface area (Å²) in [6, 6.07) is 4.49. The Labute approximate surface area is 180 Å². The van der Waals surface area contributed by atoms with E-state index >= 15 is 0 Å². The van der Waals surface area contributed by atoms with Gasteiger partial charge in [-0.25, -0.2) is 9.59 Å². The number of benzene rings is 2. The Morgan fingerprint density at radius 2 is 0.794 bits per heavy atom. The molecule has 0 heterocycles. The van der Waals surface area contributed by atoms with Gasteiger partial charge < -0.3 is 9.47 Å². The number of halogens is 12. The van der Waals surface area contributed by atoms with E-state index in [0.29, 0.717) is 12.1 Å². The Morgan fingerprint density at radius 3 is 1.03 bits per heavy atom. The van der Waals surface area contributed by atoms with Crippen LogP contribution < -0.4 is 0 Å². The largest absolute Gasteiger partial charge is 0.439 e. The second kappa shape index (κ2) is 8.87. The summed E-state index contributed by atoms with van der Waals surface area (Å²) in [7, 11) is 0. The molecule has 4 nitrogen and oxygen atoms in total. The molecule has 0 bridgehead atoms. The van der Waals surface area contributed by atoms with Gasteiger partial charge in [0.1, 0.15) is 0 Å². The van der Waals surface area contributed by atoms with E-state index in [0.717, 1.165) is 24.3 Å². The van der Waals surface area contributed by atoms with Crippen molar-refractivity contribution in [1.29, 1.82) is 0 Å². The van der Waals surface area contributed by atoms with Gasteiger partial charge in [0.05, 0.1) is 11.1 Å². The Balaban J connectivity index is 2.29. The zero-order valence-electron chi connectivity index (χ0n) is 15.8. The Bertz CT molecular complexity index is 952. The number of carbonyl (C=O) groups is 2. The third kappa shape index (κ3) is 6.44. The van der Waals surface area contributed by atoms with Crippen molar-refractivity contribution < 1.29 is 71.7 Å². The molecule has 0 fully saturated rings. The molecule has 188 valence electrons. The lowest BCUT2D eigenvalue weighted by atomic mass is 10.0. The van der Waals surface area contributed by atoms with E-state index < -0.39 is 60.0 Å². The van der Waals surface area contributed by atoms with Gasteiger partial charge in [-0.2, -0.15) is 52.7 Å². The highest BCUT2D eigenvalue weighted by molar-refractivity contribution is 5.99. The van der Waals surface area contributed by atoms with Gasteiger partial charge in [0, 0.05) is 0 Å². The summed E-state index contributed by atoms with van der Waals surface area (Å²) in [6.07, 6.45) is -32.7. The molecule has 0 saturated heterocycles. The van der Waals surface area contributed by atoms with E-state index in [2.05, 4.69) is 9.47 Å². The Morgan fingerprint density at radius 1 is 0.529 bits per heavy atom. The molecule has 0 aliphatic rings. The van der Waals surface area contributed by atoms with Crippen molar-refractivity contribution in [1.82, 2.24) is 0 Å². The van der Waals surface area contributed by atoms with Crippen molar-refractivity contribution in [2.24, 2.45) is 0 Å². The van der Waals surface area contributed by atoms with Crippen LogP contribution in [-0.2, 0) is 9.47 Å². The van der Waals surface area contributed by atoms with E-state index in [1.165, 1.54) is 0 Å². The molecular formula is C18H8F12O4. The predicted octanol–water partition coefficient (Wildman–Crippen LogP) is 6.14. The molecule has 0 saturated carbocycles. The van der Waals surface area contributed by atoms with Crippen LogP contribution in [0.15, 0.2) is 36.4 Å². The van der Waals surface area contributed by atoms with Gasteiger partial charge in [-0.1, -0.05) is 12.1 Å². The fraction of sp³-hybridized carbons (Fsp3) is 0.333. The summed E-state index contributed by atoms with van der Waals surface area (Å²) in [5.74, 6) is -4.05. The molecule has 0 atom stereocenters. The lowest BCUT2D eigenvalue weighted by Gasteiger charge is -2.23. The van der Waals surface area contributed by atoms with E-state index in [-0.39, 0.29) is 10.8 Å². The average molecular weight is 516 g/mol. The normalized spacial score (nSPS) is 13.5. The van der Waals surface area contributed by atoms with Crippen molar-refractivity contribution in [3.63, 3.8) is 0 Å². The van der Waals surface area contributed by atoms with Crippen molar-refractivity contribution in [2.75, 3.05) is 0 Å². The zero-order chi connectivity index (χ0) is 26.3. The van der Waals surface area contributed by atoms with Crippen molar-refractivity contribution in [3.8, 4) is 0 Å². The fourth-order valence-electron chi connectivity index (χ4n) is 2.49. The first kappa shape index (κ1) is 27.0. The molecule has 0 aromatic heterocycles. The van der Waals surface area contributed by atoms with E-state index in [1.807, 2.05) is 0 Å². The molecule has 0 N–H and O–H groups in total. The maximum absolute atomic E-state index is 12.5. The van der Waals surface area contributed by atoms with Crippen molar-refractivity contribution in [2.45, 2.75) is 36.9 Å². The number of hydrogen-bond acceptors (Lipinski definition) is 4. The molecule has 0 spiro atoms. The maximum atomic E-state index is 12.5. The molecular weight excluding hydrogens is 508 g/mol. The number of alkyl halides is 12. The molecule has 0 amide bonds. The van der Waals surface area contributed by atoms with Gasteiger partial charge in [0.2, 0.25) is 0 Å². The average Bonchev–Trinajstić information content (AvgIpc) is 2.65. The molecule has 0 unspecified atom stereocenters. The summed E-state index contributed by atoms with van der Waals surface area (Å²) in [6.45, 7) is 0. The lowest BCUT2D eigenvalue weighted by molar-refractivity contribution is -0.308. The molecule has 2 aromatic rings. The van der Waals surface area contributed by atoms with E-state index in [1.54, 1.807) is 0 Å². The molecule has 2 aromatic carbocycles. The van der Waals surface area contributed by atoms with Gasteiger partial charge in [-0.05, 0) is 35.0 Å². The monoisotopic (exact) mass is 516 g/mol. The van der Waals surface area contributed by atoms with Gasteiger partial charge in [-0.15, -0.1) is 0 Å². The molecule has 34 heavy (non-hydrogen) atoms. The second-order valence-electron chi connectivity index (χ2n) is 6.51. The first-order chi connectivity index (χ1) is 15.2. The number of carbonyl (C=O) groups excluding carboxylic acids is 2. The summed E-state index contributed by atoms with van der Waals surface area (Å²) >= 11 is 0. The highest BCUT2D eigenvalue weighted by atomic mass is 19.4. The SMILES string of the molecule is O=C(OC(C(F)(F)F)C(F)(F)F)c1ccc2cc(C(=O)OC(C(F)(F)F)C(F)(F)F)ccc2c1. The van der Waals surface area contributed by atoms with Crippen LogP contribution >= 0.6 is 0 Å². The van der Waals surface area contributed by atoms with Crippen molar-refractivity contribution in [3.05, 3.63) is 47.5 Å². The summed E-state index contributed by atoms with van der Waals surface area (Å²) in [5, 5.41) is -0.269. The minimum absolute atomic E-state index is 0.134. The van der Waals surface area contributed by atoms with E-state index in [9.17, 15) is 62.3 Å². The second-order valence-corrected chi connectivity index (χ2v) is 6.51. The minimum Gasteiger partial charge on any atom is -0.439 e. The highest BCUT2D eigenvalue weighted by Gasteiger charge is 2.60. The quantitative estimate of drug-likeness (QED) is 0.362. The van der Waals surface area contributed by atoms with Crippen molar-refractivity contribution >= 4 is 22.7 Å². The number of esters is 2. The molecule has 0 aliphatic carbocycles. The predicted molar refractivity (Wildman–Crippen MR) is 86.6 cm³/mol. The molecule has 2 rings (SSSR count). The van der Waals surface area contributed by atoms with Crippen LogP contribution in [0.25, 0.3) is 10.8 Å². The summed E-state index contributed by atoms with van der Waals surface area (Å²) < 4.78 is 157. The number of fused-ring (bicyclic) bond motifs is 1. The molecule has 16 heteroatoms. The maximum Gasteiger partial charge on any atom is 0.434 e. The van der Waals surface area contributed by atoms with Crippen LogP contribution in [0.2, 0.25) is 0 Å². The smallest absolute Gasteiger partial charge is 0.434 e. The van der Waals surface area contributed by atoms with E-state index in [4.69, 9.17) is 0 Å². The molecule has 0 radical (unpaired) electrons. The zero-order valence-corrected chi connectivity index (χ0v) is 15.8. The number of ether oxygens (including phenoxy) is 2. The number of rotatable bonds is 4. The summed E-state index contributed by atoms with van der Waals surface area (Å²) in [4.78, 5) is 23.5. The van der Waals surface area contributed by atoms with Gasteiger partial charge in [0.25, 0.3) is 12.2 Å². The van der Waals surface area contributed by atoms with Gasteiger partial charge in [0.15, 0.2) is 0 Å². The lowest BCUT2D eigenvalue weighted by Crippen LogP contribution is -2.45. The van der Waals surface area contributed by atoms with Crippen LogP contribution in [-0.4, -0.2) is 48.9 Å². The fourth-order valence-corrected chi connectivity index (χ4v) is 2.49. The third-order valence-electron chi connectivity index (χ3n) is 3.95. The van der Waals surface area contributed by atoms with Crippen LogP contribution in [0, 0.1) is 0 Å². The third-order valence-corrected chi connectivity index (χ3v) is 3.95. The first-order valence-corrected chi connectivity index (χ1v) is 8.44. The first-order valence-electron chi connectivity index (χ1n) is 8.44. The van der Waals surface area contributed by atoms with Crippen LogP contribution in [0.1, 0.15) is 20.7 Å². The highest BCUT2D eigenvalue weighted by Crippen LogP contribution is 2.37. The van der Waals surface area contributed by atoms with Gasteiger partial charge >= 0.3 is 36.6 Å². The van der Waals surface area contributed by atoms with Crippen LogP contribution in [0.3, 0.4) is 0 Å². The van der Waals surface area contributed by atoms with Crippen LogP contribution in [0.5, 0.6) is 0 Å². The topological polar surface area (TPSA) is 52.6 Å². The standard InChI is InChI=1S/C18H8F12O4/c19-15(20,21)13(16(22,23)24)33-11(31)9-3-1-7-5-10(4-2-8(7)6-9)12(32)34-14(17(25,26)27)18(28,29)30/h1-6,13-14H. The minimum atomic E-state index is -5.97. The molecule has 0 aliphatic heterocycles. The summed E-state index contributed by atoms with van der Waals surface area (Å²) in [5.41, 5.74) is -1.59. The number of hydrogen-bond donors (Lipinski definition) is 0. The van der Waals surface area contributed by atoms with Crippen LogP contribution in [0.4, 0.5) is 52.7 Å². The Hall–Kier alpha value is -3.20.